The van der Waals surface area contributed by atoms with Gasteiger partial charge in [-0.2, -0.15) is 0 Å². The summed E-state index contributed by atoms with van der Waals surface area (Å²) in [5.41, 5.74) is 4.58. The van der Waals surface area contributed by atoms with Gasteiger partial charge < -0.3 is 10.2 Å². The first-order chi connectivity index (χ1) is 11.4. The summed E-state index contributed by atoms with van der Waals surface area (Å²) in [6.07, 6.45) is 1.83. The SMILES string of the molecule is CCN(C)/C=N\c1cc(C)c(NCc2cccc(Cl)c2F)cc1C. The lowest BCUT2D eigenvalue weighted by molar-refractivity contribution is 0.552. The van der Waals surface area contributed by atoms with Gasteiger partial charge in [-0.25, -0.2) is 9.38 Å². The maximum atomic E-state index is 14.0. The molecule has 128 valence electrons. The number of hydrogen-bond donors (Lipinski definition) is 1. The molecule has 0 saturated carbocycles. The van der Waals surface area contributed by atoms with Gasteiger partial charge >= 0.3 is 0 Å². The van der Waals surface area contributed by atoms with Crippen LogP contribution in [0.15, 0.2) is 35.3 Å². The van der Waals surface area contributed by atoms with Gasteiger partial charge in [-0.05, 0) is 50.1 Å². The van der Waals surface area contributed by atoms with E-state index in [1.54, 1.807) is 18.2 Å². The average Bonchev–Trinajstić information content (AvgIpc) is 2.57. The number of nitrogens with one attached hydrogen (secondary N) is 1. The van der Waals surface area contributed by atoms with Gasteiger partial charge in [0, 0.05) is 31.4 Å². The molecule has 0 aliphatic heterocycles. The highest BCUT2D eigenvalue weighted by Gasteiger charge is 2.08. The van der Waals surface area contributed by atoms with E-state index in [-0.39, 0.29) is 10.8 Å². The van der Waals surface area contributed by atoms with Crippen molar-refractivity contribution >= 4 is 29.3 Å². The first kappa shape index (κ1) is 18.3. The topological polar surface area (TPSA) is 27.6 Å². The van der Waals surface area contributed by atoms with Gasteiger partial charge in [-0.3, -0.25) is 0 Å². The van der Waals surface area contributed by atoms with Crippen LogP contribution in [0.5, 0.6) is 0 Å². The lowest BCUT2D eigenvalue weighted by Gasteiger charge is -2.14. The Labute approximate surface area is 148 Å². The summed E-state index contributed by atoms with van der Waals surface area (Å²) >= 11 is 5.82. The summed E-state index contributed by atoms with van der Waals surface area (Å²) in [6.45, 7) is 7.40. The lowest BCUT2D eigenvalue weighted by atomic mass is 10.1. The Morgan fingerprint density at radius 3 is 2.71 bits per heavy atom. The molecule has 0 atom stereocenters. The first-order valence-electron chi connectivity index (χ1n) is 7.94. The van der Waals surface area contributed by atoms with E-state index >= 15 is 0 Å². The van der Waals surface area contributed by atoms with Crippen LogP contribution in [0.25, 0.3) is 0 Å². The van der Waals surface area contributed by atoms with Crippen molar-refractivity contribution in [3.63, 3.8) is 0 Å². The van der Waals surface area contributed by atoms with Crippen LogP contribution in [0.3, 0.4) is 0 Å². The molecule has 2 rings (SSSR count). The standard InChI is InChI=1S/C19H23ClFN3/c1-5-24(4)12-23-18-10-13(2)17(9-14(18)3)22-11-15-7-6-8-16(20)19(15)21/h6-10,12,22H,5,11H2,1-4H3/b23-12-. The minimum absolute atomic E-state index is 0.145. The monoisotopic (exact) mass is 347 g/mol. The number of anilines is 1. The molecule has 0 radical (unpaired) electrons. The van der Waals surface area contributed by atoms with E-state index in [1.807, 2.05) is 44.3 Å². The molecule has 0 heterocycles. The van der Waals surface area contributed by atoms with Gasteiger partial charge in [0.25, 0.3) is 0 Å². The van der Waals surface area contributed by atoms with E-state index in [9.17, 15) is 4.39 Å². The quantitative estimate of drug-likeness (QED) is 0.565. The van der Waals surface area contributed by atoms with Crippen molar-refractivity contribution in [2.24, 2.45) is 4.99 Å². The summed E-state index contributed by atoms with van der Waals surface area (Å²) in [7, 11) is 1.99. The maximum absolute atomic E-state index is 14.0. The van der Waals surface area contributed by atoms with E-state index in [2.05, 4.69) is 17.2 Å². The predicted molar refractivity (Wildman–Crippen MR) is 101 cm³/mol. The van der Waals surface area contributed by atoms with E-state index in [0.717, 1.165) is 29.0 Å². The largest absolute Gasteiger partial charge is 0.381 e. The second kappa shape index (κ2) is 8.15. The third kappa shape index (κ3) is 4.48. The van der Waals surface area contributed by atoms with Gasteiger partial charge in [-0.1, -0.05) is 23.7 Å². The zero-order valence-electron chi connectivity index (χ0n) is 14.5. The van der Waals surface area contributed by atoms with Crippen molar-refractivity contribution in [1.82, 2.24) is 4.90 Å². The highest BCUT2D eigenvalue weighted by molar-refractivity contribution is 6.30. The number of rotatable bonds is 6. The van der Waals surface area contributed by atoms with Crippen molar-refractivity contribution < 1.29 is 4.39 Å². The molecule has 2 aromatic rings. The van der Waals surface area contributed by atoms with Crippen molar-refractivity contribution in [1.29, 1.82) is 0 Å². The Morgan fingerprint density at radius 1 is 1.25 bits per heavy atom. The predicted octanol–water partition coefficient (Wildman–Crippen LogP) is 5.32. The van der Waals surface area contributed by atoms with E-state index in [4.69, 9.17) is 11.6 Å². The molecule has 0 unspecified atom stereocenters. The van der Waals surface area contributed by atoms with Gasteiger partial charge in [0.1, 0.15) is 5.82 Å². The Balaban J connectivity index is 2.16. The van der Waals surface area contributed by atoms with Crippen molar-refractivity contribution in [3.05, 3.63) is 57.9 Å². The number of benzene rings is 2. The van der Waals surface area contributed by atoms with Gasteiger partial charge in [0.05, 0.1) is 17.0 Å². The molecule has 0 bridgehead atoms. The van der Waals surface area contributed by atoms with Crippen LogP contribution in [0.2, 0.25) is 5.02 Å². The number of aliphatic imine (C=N–C) groups is 1. The third-order valence-corrected chi connectivity index (χ3v) is 4.23. The second-order valence-corrected chi connectivity index (χ2v) is 6.25. The van der Waals surface area contributed by atoms with E-state index in [0.29, 0.717) is 12.1 Å². The number of aryl methyl sites for hydroxylation is 2. The van der Waals surface area contributed by atoms with Gasteiger partial charge in [0.15, 0.2) is 0 Å². The normalized spacial score (nSPS) is 11.1. The van der Waals surface area contributed by atoms with E-state index in [1.165, 1.54) is 0 Å². The number of halogens is 2. The molecule has 0 saturated heterocycles. The summed E-state index contributed by atoms with van der Waals surface area (Å²) < 4.78 is 14.0. The molecule has 0 aromatic heterocycles. The molecule has 0 spiro atoms. The molecule has 24 heavy (non-hydrogen) atoms. The first-order valence-corrected chi connectivity index (χ1v) is 8.32. The van der Waals surface area contributed by atoms with Gasteiger partial charge in [0.2, 0.25) is 0 Å². The molecule has 0 aliphatic rings. The highest BCUT2D eigenvalue weighted by atomic mass is 35.5. The van der Waals surface area contributed by atoms with Crippen LogP contribution >= 0.6 is 11.6 Å². The Hall–Kier alpha value is -2.07. The minimum Gasteiger partial charge on any atom is -0.381 e. The van der Waals surface area contributed by atoms with Crippen LogP contribution < -0.4 is 5.32 Å². The molecule has 0 amide bonds. The van der Waals surface area contributed by atoms with Crippen LogP contribution in [0, 0.1) is 19.7 Å². The fraction of sp³-hybridized carbons (Fsp3) is 0.316. The molecule has 0 aliphatic carbocycles. The van der Waals surface area contributed by atoms with Crippen LogP contribution in [-0.4, -0.2) is 24.8 Å². The molecular weight excluding hydrogens is 325 g/mol. The van der Waals surface area contributed by atoms with Crippen LogP contribution in [-0.2, 0) is 6.54 Å². The van der Waals surface area contributed by atoms with Gasteiger partial charge in [-0.15, -0.1) is 0 Å². The molecule has 2 aromatic carbocycles. The Kier molecular flexibility index (Phi) is 6.21. The van der Waals surface area contributed by atoms with Crippen molar-refractivity contribution in [2.75, 3.05) is 18.9 Å². The minimum atomic E-state index is -0.370. The number of hydrogen-bond acceptors (Lipinski definition) is 2. The second-order valence-electron chi connectivity index (χ2n) is 5.84. The Bertz CT molecular complexity index is 744. The summed E-state index contributed by atoms with van der Waals surface area (Å²) in [4.78, 5) is 6.53. The molecule has 0 fully saturated rings. The zero-order chi connectivity index (χ0) is 17.7. The highest BCUT2D eigenvalue weighted by Crippen LogP contribution is 2.27. The fourth-order valence-electron chi connectivity index (χ4n) is 2.25. The lowest BCUT2D eigenvalue weighted by Crippen LogP contribution is -2.14. The van der Waals surface area contributed by atoms with Crippen molar-refractivity contribution in [2.45, 2.75) is 27.3 Å². The number of nitrogens with zero attached hydrogens (tertiary/aromatic N) is 2. The molecule has 3 nitrogen and oxygen atoms in total. The smallest absolute Gasteiger partial charge is 0.146 e. The van der Waals surface area contributed by atoms with Crippen LogP contribution in [0.1, 0.15) is 23.6 Å². The molecule has 5 heteroatoms. The molecular formula is C19H23ClFN3. The van der Waals surface area contributed by atoms with Crippen LogP contribution in [0.4, 0.5) is 15.8 Å². The third-order valence-electron chi connectivity index (χ3n) is 3.94. The average molecular weight is 348 g/mol. The summed E-state index contributed by atoms with van der Waals surface area (Å²) in [5, 5.41) is 3.43. The summed E-state index contributed by atoms with van der Waals surface area (Å²) in [5.74, 6) is -0.370. The van der Waals surface area contributed by atoms with E-state index < -0.39 is 0 Å². The zero-order valence-corrected chi connectivity index (χ0v) is 15.3. The Morgan fingerprint density at radius 2 is 2.00 bits per heavy atom. The van der Waals surface area contributed by atoms with Crippen molar-refractivity contribution in [3.8, 4) is 0 Å². The summed E-state index contributed by atoms with van der Waals surface area (Å²) in [6, 6.07) is 9.11. The molecule has 1 N–H and O–H groups in total. The fourth-order valence-corrected chi connectivity index (χ4v) is 2.44. The maximum Gasteiger partial charge on any atom is 0.146 e.